The van der Waals surface area contributed by atoms with Crippen LogP contribution in [0, 0.1) is 13.8 Å². The van der Waals surface area contributed by atoms with Gasteiger partial charge < -0.3 is 15.0 Å². The lowest BCUT2D eigenvalue weighted by atomic mass is 9.96. The van der Waals surface area contributed by atoms with Crippen molar-refractivity contribution in [3.63, 3.8) is 0 Å². The first-order chi connectivity index (χ1) is 15.5. The summed E-state index contributed by atoms with van der Waals surface area (Å²) in [5, 5.41) is 7.65. The van der Waals surface area contributed by atoms with E-state index in [0.717, 1.165) is 17.0 Å². The molecular formula is C25H26N4O3. The van der Waals surface area contributed by atoms with Crippen LogP contribution < -0.4 is 10.1 Å². The third-order valence-electron chi connectivity index (χ3n) is 6.41. The minimum Gasteiger partial charge on any atom is -0.467 e. The van der Waals surface area contributed by atoms with Gasteiger partial charge in [0, 0.05) is 31.6 Å². The molecule has 0 unspecified atom stereocenters. The van der Waals surface area contributed by atoms with E-state index in [-0.39, 0.29) is 11.8 Å². The number of nitrogens with one attached hydrogen (secondary N) is 1. The second-order valence-electron chi connectivity index (χ2n) is 8.53. The zero-order valence-corrected chi connectivity index (χ0v) is 18.3. The summed E-state index contributed by atoms with van der Waals surface area (Å²) in [6.07, 6.45) is 1.07. The Labute approximate surface area is 187 Å². The number of ether oxygens (including phenoxy) is 1. The highest BCUT2D eigenvalue weighted by Crippen LogP contribution is 2.34. The van der Waals surface area contributed by atoms with Crippen LogP contribution in [0.2, 0.25) is 0 Å². The van der Waals surface area contributed by atoms with E-state index in [1.165, 1.54) is 0 Å². The van der Waals surface area contributed by atoms with Gasteiger partial charge >= 0.3 is 0 Å². The molecule has 2 amide bonds. The molecule has 1 aromatic heterocycles. The van der Waals surface area contributed by atoms with Crippen molar-refractivity contribution in [2.75, 3.05) is 13.1 Å². The quantitative estimate of drug-likeness (QED) is 0.692. The van der Waals surface area contributed by atoms with Gasteiger partial charge in [-0.05, 0) is 31.5 Å². The molecule has 32 heavy (non-hydrogen) atoms. The molecule has 1 spiro atoms. The van der Waals surface area contributed by atoms with E-state index in [1.807, 2.05) is 59.8 Å². The maximum absolute atomic E-state index is 13.4. The summed E-state index contributed by atoms with van der Waals surface area (Å²) < 4.78 is 8.09. The molecule has 0 aliphatic carbocycles. The Hall–Kier alpha value is -3.61. The van der Waals surface area contributed by atoms with Gasteiger partial charge in [0.1, 0.15) is 5.75 Å². The Kier molecular flexibility index (Phi) is 4.96. The molecule has 2 aliphatic rings. The first-order valence-electron chi connectivity index (χ1n) is 10.9. The number of fused-ring (bicyclic) bond motifs is 1. The molecule has 5 rings (SSSR count). The van der Waals surface area contributed by atoms with Gasteiger partial charge in [-0.2, -0.15) is 5.10 Å². The standard InChI is InChI=1S/C25H26N4O3/c1-17-22(18(2)29(27-17)16-19-8-4-3-5-9-19)24(31)28-14-12-25(13-15-28)26-23(30)20-10-6-7-11-21(20)32-25/h3-11H,12-16H2,1-2H3,(H,26,30). The van der Waals surface area contributed by atoms with Gasteiger partial charge in [-0.15, -0.1) is 0 Å². The first kappa shape index (κ1) is 20.3. The average molecular weight is 431 g/mol. The normalized spacial score (nSPS) is 16.9. The number of aryl methyl sites for hydroxylation is 1. The maximum Gasteiger partial charge on any atom is 0.258 e. The van der Waals surface area contributed by atoms with E-state index in [0.29, 0.717) is 49.4 Å². The molecule has 1 fully saturated rings. The predicted octanol–water partition coefficient (Wildman–Crippen LogP) is 3.30. The largest absolute Gasteiger partial charge is 0.467 e. The van der Waals surface area contributed by atoms with Gasteiger partial charge in [-0.3, -0.25) is 14.3 Å². The second-order valence-corrected chi connectivity index (χ2v) is 8.53. The lowest BCUT2D eigenvalue weighted by molar-refractivity contribution is -0.0245. The summed E-state index contributed by atoms with van der Waals surface area (Å²) in [6.45, 7) is 5.47. The Balaban J connectivity index is 1.31. The number of rotatable bonds is 3. The highest BCUT2D eigenvalue weighted by atomic mass is 16.5. The number of likely N-dealkylation sites (tertiary alicyclic amines) is 1. The summed E-state index contributed by atoms with van der Waals surface area (Å²) in [4.78, 5) is 27.8. The van der Waals surface area contributed by atoms with Crippen LogP contribution in [0.5, 0.6) is 5.75 Å². The van der Waals surface area contributed by atoms with Gasteiger partial charge in [0.05, 0.1) is 23.4 Å². The SMILES string of the molecule is Cc1nn(Cc2ccccc2)c(C)c1C(=O)N1CCC2(CC1)NC(=O)c1ccccc1O2. The highest BCUT2D eigenvalue weighted by molar-refractivity contribution is 5.98. The number of nitrogens with zero attached hydrogens (tertiary/aromatic N) is 3. The summed E-state index contributed by atoms with van der Waals surface area (Å²) in [5.41, 5.74) is 3.20. The van der Waals surface area contributed by atoms with Gasteiger partial charge in [0.2, 0.25) is 0 Å². The Morgan fingerprint density at radius 3 is 2.50 bits per heavy atom. The van der Waals surface area contributed by atoms with Crippen LogP contribution in [0.15, 0.2) is 54.6 Å². The summed E-state index contributed by atoms with van der Waals surface area (Å²) in [6, 6.07) is 17.4. The Morgan fingerprint density at radius 1 is 1.06 bits per heavy atom. The molecule has 7 heteroatoms. The van der Waals surface area contributed by atoms with Gasteiger partial charge in [0.15, 0.2) is 5.72 Å². The lowest BCUT2D eigenvalue weighted by Crippen LogP contribution is -2.61. The van der Waals surface area contributed by atoms with Crippen molar-refractivity contribution in [3.05, 3.63) is 82.7 Å². The predicted molar refractivity (Wildman–Crippen MR) is 120 cm³/mol. The lowest BCUT2D eigenvalue weighted by Gasteiger charge is -2.44. The van der Waals surface area contributed by atoms with Crippen molar-refractivity contribution in [3.8, 4) is 5.75 Å². The van der Waals surface area contributed by atoms with Gasteiger partial charge in [-0.1, -0.05) is 42.5 Å². The monoisotopic (exact) mass is 430 g/mol. The molecule has 164 valence electrons. The molecule has 3 heterocycles. The van der Waals surface area contributed by atoms with Crippen LogP contribution in [0.3, 0.4) is 0 Å². The van der Waals surface area contributed by atoms with Crippen molar-refractivity contribution in [2.45, 2.75) is 39.0 Å². The number of benzene rings is 2. The molecule has 0 bridgehead atoms. The molecule has 1 N–H and O–H groups in total. The summed E-state index contributed by atoms with van der Waals surface area (Å²) in [7, 11) is 0. The highest BCUT2D eigenvalue weighted by Gasteiger charge is 2.43. The zero-order chi connectivity index (χ0) is 22.3. The van der Waals surface area contributed by atoms with Crippen LogP contribution in [0.1, 0.15) is 50.5 Å². The van der Waals surface area contributed by atoms with E-state index in [1.54, 1.807) is 6.07 Å². The van der Waals surface area contributed by atoms with Crippen molar-refractivity contribution >= 4 is 11.8 Å². The van der Waals surface area contributed by atoms with Crippen LogP contribution in [0.4, 0.5) is 0 Å². The number of aromatic nitrogens is 2. The van der Waals surface area contributed by atoms with Gasteiger partial charge in [0.25, 0.3) is 11.8 Å². The minimum atomic E-state index is -0.760. The molecule has 3 aromatic rings. The fourth-order valence-corrected chi connectivity index (χ4v) is 4.63. The fraction of sp³-hybridized carbons (Fsp3) is 0.320. The Morgan fingerprint density at radius 2 is 1.75 bits per heavy atom. The van der Waals surface area contributed by atoms with E-state index in [4.69, 9.17) is 4.74 Å². The van der Waals surface area contributed by atoms with Gasteiger partial charge in [-0.25, -0.2) is 0 Å². The number of hydrogen-bond donors (Lipinski definition) is 1. The Bertz CT molecular complexity index is 1180. The van der Waals surface area contributed by atoms with Crippen molar-refractivity contribution in [1.82, 2.24) is 20.0 Å². The second kappa shape index (κ2) is 7.82. The van der Waals surface area contributed by atoms with E-state index in [2.05, 4.69) is 22.5 Å². The molecule has 0 radical (unpaired) electrons. The summed E-state index contributed by atoms with van der Waals surface area (Å²) in [5.74, 6) is 0.460. The number of amides is 2. The molecule has 0 atom stereocenters. The molecule has 0 saturated carbocycles. The third kappa shape index (κ3) is 3.53. The van der Waals surface area contributed by atoms with Crippen LogP contribution in [-0.2, 0) is 6.54 Å². The van der Waals surface area contributed by atoms with E-state index < -0.39 is 5.72 Å². The van der Waals surface area contributed by atoms with E-state index >= 15 is 0 Å². The molecule has 7 nitrogen and oxygen atoms in total. The first-order valence-corrected chi connectivity index (χ1v) is 10.9. The average Bonchev–Trinajstić information content (AvgIpc) is 3.07. The number of carbonyl (C=O) groups is 2. The van der Waals surface area contributed by atoms with Crippen molar-refractivity contribution < 1.29 is 14.3 Å². The fourth-order valence-electron chi connectivity index (χ4n) is 4.63. The number of hydrogen-bond acceptors (Lipinski definition) is 4. The zero-order valence-electron chi connectivity index (χ0n) is 18.3. The van der Waals surface area contributed by atoms with Crippen LogP contribution in [0.25, 0.3) is 0 Å². The smallest absolute Gasteiger partial charge is 0.258 e. The number of carbonyl (C=O) groups excluding carboxylic acids is 2. The topological polar surface area (TPSA) is 76.5 Å². The minimum absolute atomic E-state index is 0.0169. The van der Waals surface area contributed by atoms with E-state index in [9.17, 15) is 9.59 Å². The number of piperidine rings is 1. The summed E-state index contributed by atoms with van der Waals surface area (Å²) >= 11 is 0. The molecule has 2 aromatic carbocycles. The maximum atomic E-state index is 13.4. The van der Waals surface area contributed by atoms with Crippen LogP contribution >= 0.6 is 0 Å². The molecular weight excluding hydrogens is 404 g/mol. The molecule has 1 saturated heterocycles. The number of para-hydroxylation sites is 1. The van der Waals surface area contributed by atoms with Crippen molar-refractivity contribution in [1.29, 1.82) is 0 Å². The third-order valence-corrected chi connectivity index (χ3v) is 6.41. The van der Waals surface area contributed by atoms with Crippen molar-refractivity contribution in [2.24, 2.45) is 0 Å². The van der Waals surface area contributed by atoms with Crippen LogP contribution in [-0.4, -0.2) is 45.3 Å². The molecule has 2 aliphatic heterocycles.